The molecule has 2 aliphatic rings. The van der Waals surface area contributed by atoms with Crippen LogP contribution in [0.1, 0.15) is 33.1 Å². The summed E-state index contributed by atoms with van der Waals surface area (Å²) in [6.45, 7) is 5.09. The van der Waals surface area contributed by atoms with Crippen molar-refractivity contribution in [3.05, 3.63) is 0 Å². The number of amides is 1. The number of nitrogens with zero attached hydrogens (tertiary/aromatic N) is 1. The Morgan fingerprint density at radius 3 is 2.93 bits per heavy atom. The van der Waals surface area contributed by atoms with Crippen LogP contribution in [0, 0.1) is 0 Å². The summed E-state index contributed by atoms with van der Waals surface area (Å²) >= 11 is 2.02. The summed E-state index contributed by atoms with van der Waals surface area (Å²) in [5, 5.41) is 4.02. The highest BCUT2D eigenvalue weighted by Gasteiger charge is 2.36. The molecular weight excluding hydrogens is 208 g/mol. The molecule has 2 aliphatic heterocycles. The number of carbonyl (C=O) groups is 1. The zero-order valence-electron chi connectivity index (χ0n) is 9.53. The Morgan fingerprint density at radius 1 is 1.60 bits per heavy atom. The predicted molar refractivity (Wildman–Crippen MR) is 63.9 cm³/mol. The van der Waals surface area contributed by atoms with Crippen LogP contribution in [0.4, 0.5) is 0 Å². The van der Waals surface area contributed by atoms with Gasteiger partial charge in [0.1, 0.15) is 0 Å². The molecule has 0 aliphatic carbocycles. The minimum atomic E-state index is 0.0615. The fraction of sp³-hybridized carbons (Fsp3) is 0.909. The molecular formula is C11H20N2OS. The molecule has 3 atom stereocenters. The second-order valence-corrected chi connectivity index (χ2v) is 5.84. The van der Waals surface area contributed by atoms with Gasteiger partial charge in [0.05, 0.1) is 12.2 Å². The average Bonchev–Trinajstić information content (AvgIpc) is 2.81. The van der Waals surface area contributed by atoms with E-state index in [0.29, 0.717) is 11.2 Å². The van der Waals surface area contributed by atoms with Crippen LogP contribution in [0.3, 0.4) is 0 Å². The van der Waals surface area contributed by atoms with E-state index < -0.39 is 0 Å². The lowest BCUT2D eigenvalue weighted by Gasteiger charge is -2.23. The molecule has 0 bridgehead atoms. The summed E-state index contributed by atoms with van der Waals surface area (Å²) in [5.41, 5.74) is 0. The first-order valence-corrected chi connectivity index (χ1v) is 6.95. The maximum atomic E-state index is 12.0. The summed E-state index contributed by atoms with van der Waals surface area (Å²) in [5.74, 6) is 1.57. The van der Waals surface area contributed by atoms with E-state index in [1.807, 2.05) is 16.7 Å². The Labute approximate surface area is 96.0 Å². The topological polar surface area (TPSA) is 32.3 Å². The second kappa shape index (κ2) is 4.74. The van der Waals surface area contributed by atoms with Crippen LogP contribution >= 0.6 is 11.8 Å². The molecule has 2 rings (SSSR count). The van der Waals surface area contributed by atoms with Gasteiger partial charge in [-0.05, 0) is 31.9 Å². The lowest BCUT2D eigenvalue weighted by Crippen LogP contribution is -2.38. The molecule has 2 saturated heterocycles. The van der Waals surface area contributed by atoms with Crippen molar-refractivity contribution in [1.82, 2.24) is 10.2 Å². The minimum Gasteiger partial charge on any atom is -0.325 e. The van der Waals surface area contributed by atoms with E-state index in [9.17, 15) is 4.79 Å². The molecule has 0 aromatic heterocycles. The average molecular weight is 228 g/mol. The highest BCUT2D eigenvalue weighted by Crippen LogP contribution is 2.28. The Kier molecular flexibility index (Phi) is 3.57. The van der Waals surface area contributed by atoms with E-state index in [0.717, 1.165) is 13.0 Å². The lowest BCUT2D eigenvalue weighted by atomic mass is 10.2. The third kappa shape index (κ3) is 2.31. The number of thioether (sulfide) groups is 1. The zero-order chi connectivity index (χ0) is 10.8. The summed E-state index contributed by atoms with van der Waals surface area (Å²) in [4.78, 5) is 14.0. The smallest absolute Gasteiger partial charge is 0.241 e. The molecule has 86 valence electrons. The fourth-order valence-corrected chi connectivity index (χ4v) is 3.66. The van der Waals surface area contributed by atoms with E-state index in [-0.39, 0.29) is 12.2 Å². The Balaban J connectivity index is 1.93. The van der Waals surface area contributed by atoms with E-state index in [1.54, 1.807) is 0 Å². The first-order chi connectivity index (χ1) is 7.22. The quantitative estimate of drug-likeness (QED) is 0.793. The van der Waals surface area contributed by atoms with Crippen molar-refractivity contribution in [2.45, 2.75) is 50.6 Å². The largest absolute Gasteiger partial charge is 0.325 e. The summed E-state index contributed by atoms with van der Waals surface area (Å²) in [6.07, 6.45) is 3.72. The minimum absolute atomic E-state index is 0.0615. The molecule has 0 radical (unpaired) electrons. The van der Waals surface area contributed by atoms with Gasteiger partial charge in [-0.15, -0.1) is 0 Å². The van der Waals surface area contributed by atoms with Crippen LogP contribution < -0.4 is 5.32 Å². The molecule has 1 amide bonds. The van der Waals surface area contributed by atoms with Gasteiger partial charge in [-0.1, -0.05) is 6.92 Å². The van der Waals surface area contributed by atoms with Crippen molar-refractivity contribution in [1.29, 1.82) is 0 Å². The lowest BCUT2D eigenvalue weighted by molar-refractivity contribution is -0.129. The molecule has 0 saturated carbocycles. The Bertz CT molecular complexity index is 241. The zero-order valence-corrected chi connectivity index (χ0v) is 10.3. The Hall–Kier alpha value is -0.220. The number of rotatable bonds is 3. The number of hydrogen-bond donors (Lipinski definition) is 1. The van der Waals surface area contributed by atoms with Gasteiger partial charge in [-0.2, -0.15) is 11.8 Å². The summed E-state index contributed by atoms with van der Waals surface area (Å²) < 4.78 is 0. The fourth-order valence-electron chi connectivity index (χ4n) is 2.39. The van der Waals surface area contributed by atoms with Crippen molar-refractivity contribution >= 4 is 17.7 Å². The SMILES string of the molecule is CCC1NC(C)N(CC2CCCS2)C1=O. The van der Waals surface area contributed by atoms with Gasteiger partial charge < -0.3 is 4.90 Å². The van der Waals surface area contributed by atoms with Crippen molar-refractivity contribution in [2.24, 2.45) is 0 Å². The van der Waals surface area contributed by atoms with Crippen molar-refractivity contribution in [2.75, 3.05) is 12.3 Å². The highest BCUT2D eigenvalue weighted by molar-refractivity contribution is 8.00. The standard InChI is InChI=1S/C11H20N2OS/c1-3-10-11(14)13(8(2)12-10)7-9-5-4-6-15-9/h8-10,12H,3-7H2,1-2H3. The number of carbonyl (C=O) groups excluding carboxylic acids is 1. The molecule has 15 heavy (non-hydrogen) atoms. The third-order valence-corrected chi connectivity index (χ3v) is 4.70. The van der Waals surface area contributed by atoms with Gasteiger partial charge in [0, 0.05) is 11.8 Å². The molecule has 3 unspecified atom stereocenters. The molecule has 0 spiro atoms. The number of nitrogens with one attached hydrogen (secondary N) is 1. The molecule has 1 N–H and O–H groups in total. The van der Waals surface area contributed by atoms with Crippen molar-refractivity contribution in [3.8, 4) is 0 Å². The van der Waals surface area contributed by atoms with Gasteiger partial charge in [-0.3, -0.25) is 10.1 Å². The van der Waals surface area contributed by atoms with Gasteiger partial charge in [0.2, 0.25) is 5.91 Å². The van der Waals surface area contributed by atoms with Crippen LogP contribution in [-0.2, 0) is 4.79 Å². The summed E-state index contributed by atoms with van der Waals surface area (Å²) in [6, 6.07) is 0.0615. The van der Waals surface area contributed by atoms with E-state index in [4.69, 9.17) is 0 Å². The van der Waals surface area contributed by atoms with Gasteiger partial charge in [-0.25, -0.2) is 0 Å². The maximum absolute atomic E-state index is 12.0. The third-order valence-electron chi connectivity index (χ3n) is 3.32. The van der Waals surface area contributed by atoms with Crippen LogP contribution in [-0.4, -0.2) is 40.6 Å². The van der Waals surface area contributed by atoms with Gasteiger partial charge >= 0.3 is 0 Å². The summed E-state index contributed by atoms with van der Waals surface area (Å²) in [7, 11) is 0. The van der Waals surface area contributed by atoms with E-state index >= 15 is 0 Å². The predicted octanol–water partition coefficient (Wildman–Crippen LogP) is 1.44. The number of hydrogen-bond acceptors (Lipinski definition) is 3. The van der Waals surface area contributed by atoms with Gasteiger partial charge in [0.15, 0.2) is 0 Å². The Morgan fingerprint density at radius 2 is 2.40 bits per heavy atom. The maximum Gasteiger partial charge on any atom is 0.241 e. The molecule has 0 aromatic rings. The van der Waals surface area contributed by atoms with Crippen LogP contribution in [0.25, 0.3) is 0 Å². The first kappa shape index (κ1) is 11.3. The van der Waals surface area contributed by atoms with Gasteiger partial charge in [0.25, 0.3) is 0 Å². The van der Waals surface area contributed by atoms with E-state index in [1.165, 1.54) is 18.6 Å². The monoisotopic (exact) mass is 228 g/mol. The first-order valence-electron chi connectivity index (χ1n) is 5.90. The normalized spacial score (nSPS) is 36.5. The van der Waals surface area contributed by atoms with Crippen molar-refractivity contribution in [3.63, 3.8) is 0 Å². The van der Waals surface area contributed by atoms with E-state index in [2.05, 4.69) is 19.2 Å². The highest BCUT2D eigenvalue weighted by atomic mass is 32.2. The van der Waals surface area contributed by atoms with Crippen LogP contribution in [0.2, 0.25) is 0 Å². The molecule has 3 nitrogen and oxygen atoms in total. The molecule has 2 fully saturated rings. The molecule has 2 heterocycles. The van der Waals surface area contributed by atoms with Crippen LogP contribution in [0.15, 0.2) is 0 Å². The second-order valence-electron chi connectivity index (χ2n) is 4.43. The molecule has 0 aromatic carbocycles. The van der Waals surface area contributed by atoms with Crippen molar-refractivity contribution < 1.29 is 4.79 Å². The van der Waals surface area contributed by atoms with Crippen LogP contribution in [0.5, 0.6) is 0 Å². The molecule has 4 heteroatoms.